The van der Waals surface area contributed by atoms with Crippen LogP contribution in [-0.4, -0.2) is 9.97 Å². The molecule has 97 valence electrons. The normalized spacial score (nSPS) is 11.7. The Kier molecular flexibility index (Phi) is 2.39. The number of aromatic amines is 2. The van der Waals surface area contributed by atoms with Crippen LogP contribution in [0.4, 0.5) is 4.39 Å². The monoisotopic (exact) mass is 263 g/mol. The standard InChI is InChI=1S/C17H12FN2/c18-17(13-9-19-15-7-3-1-5-11(13)15)14-10-20-16-8-4-2-6-12(14)16/h1-10,19-20H. The van der Waals surface area contributed by atoms with Gasteiger partial charge in [-0.2, -0.15) is 0 Å². The van der Waals surface area contributed by atoms with E-state index < -0.39 is 0 Å². The van der Waals surface area contributed by atoms with Gasteiger partial charge in [0.1, 0.15) is 0 Å². The molecule has 3 heteroatoms. The summed E-state index contributed by atoms with van der Waals surface area (Å²) in [6.07, 6.45) is 3.24. The Morgan fingerprint density at radius 1 is 0.700 bits per heavy atom. The molecule has 0 amide bonds. The van der Waals surface area contributed by atoms with Crippen molar-refractivity contribution in [1.29, 1.82) is 0 Å². The molecule has 2 nitrogen and oxygen atoms in total. The van der Waals surface area contributed by atoms with Gasteiger partial charge in [0.2, 0.25) is 6.17 Å². The van der Waals surface area contributed by atoms with Gasteiger partial charge in [-0.1, -0.05) is 36.4 Å². The molecule has 0 aliphatic rings. The van der Waals surface area contributed by atoms with Gasteiger partial charge in [-0.25, -0.2) is 4.39 Å². The minimum absolute atomic E-state index is 0.208. The summed E-state index contributed by atoms with van der Waals surface area (Å²) in [6, 6.07) is 15.5. The molecule has 0 saturated carbocycles. The molecule has 4 rings (SSSR count). The molecular weight excluding hydrogens is 251 g/mol. The van der Waals surface area contributed by atoms with E-state index in [1.165, 1.54) is 0 Å². The van der Waals surface area contributed by atoms with Crippen LogP contribution in [0, 0.1) is 6.17 Å². The molecule has 2 N–H and O–H groups in total. The van der Waals surface area contributed by atoms with Crippen molar-refractivity contribution < 1.29 is 4.39 Å². The first kappa shape index (κ1) is 11.3. The zero-order chi connectivity index (χ0) is 13.5. The van der Waals surface area contributed by atoms with Crippen molar-refractivity contribution in [2.45, 2.75) is 0 Å². The number of aromatic nitrogens is 2. The topological polar surface area (TPSA) is 31.6 Å². The maximum absolute atomic E-state index is 14.9. The second-order valence-corrected chi connectivity index (χ2v) is 4.81. The molecule has 1 radical (unpaired) electrons. The SMILES string of the molecule is F[C](c1c[nH]c2ccccc12)c1c[nH]c2ccccc12. The average molecular weight is 263 g/mol. The molecule has 0 fully saturated rings. The van der Waals surface area contributed by atoms with Crippen molar-refractivity contribution in [3.05, 3.63) is 78.2 Å². The maximum Gasteiger partial charge on any atom is 0.207 e. The van der Waals surface area contributed by atoms with E-state index >= 15 is 0 Å². The molecule has 2 heterocycles. The molecule has 0 spiro atoms. The lowest BCUT2D eigenvalue weighted by Crippen LogP contribution is -1.93. The quantitative estimate of drug-likeness (QED) is 0.532. The van der Waals surface area contributed by atoms with Crippen LogP contribution in [0.1, 0.15) is 11.1 Å². The molecule has 0 atom stereocenters. The number of hydrogen-bond acceptors (Lipinski definition) is 0. The third-order valence-corrected chi connectivity index (χ3v) is 3.65. The van der Waals surface area contributed by atoms with Crippen LogP contribution in [0.5, 0.6) is 0 Å². The molecule has 0 saturated heterocycles. The van der Waals surface area contributed by atoms with Crippen molar-refractivity contribution in [2.24, 2.45) is 0 Å². The third kappa shape index (κ3) is 1.56. The number of benzene rings is 2. The maximum atomic E-state index is 14.9. The van der Waals surface area contributed by atoms with E-state index in [1.807, 2.05) is 48.5 Å². The largest absolute Gasteiger partial charge is 0.361 e. The van der Waals surface area contributed by atoms with Crippen LogP contribution in [-0.2, 0) is 0 Å². The summed E-state index contributed by atoms with van der Waals surface area (Å²) < 4.78 is 14.9. The summed E-state index contributed by atoms with van der Waals surface area (Å²) in [5.41, 5.74) is 3.09. The number of fused-ring (bicyclic) bond motifs is 2. The first-order valence-electron chi connectivity index (χ1n) is 6.50. The zero-order valence-corrected chi connectivity index (χ0v) is 10.7. The van der Waals surface area contributed by atoms with Gasteiger partial charge >= 0.3 is 0 Å². The highest BCUT2D eigenvalue weighted by atomic mass is 19.1. The van der Waals surface area contributed by atoms with Crippen molar-refractivity contribution in [2.75, 3.05) is 0 Å². The Balaban J connectivity index is 1.90. The lowest BCUT2D eigenvalue weighted by Gasteiger charge is -2.04. The Hall–Kier alpha value is -2.55. The molecular formula is C17H12FN2. The van der Waals surface area contributed by atoms with E-state index in [0.29, 0.717) is 11.1 Å². The van der Waals surface area contributed by atoms with Crippen LogP contribution in [0.3, 0.4) is 0 Å². The number of rotatable bonds is 2. The molecule has 2 aromatic carbocycles. The summed E-state index contributed by atoms with van der Waals surface area (Å²) in [7, 11) is 0. The molecule has 0 aliphatic carbocycles. The van der Waals surface area contributed by atoms with E-state index in [-0.39, 0.29) is 6.17 Å². The lowest BCUT2D eigenvalue weighted by atomic mass is 10.0. The van der Waals surface area contributed by atoms with Crippen molar-refractivity contribution in [1.82, 2.24) is 9.97 Å². The van der Waals surface area contributed by atoms with Gasteiger partial charge in [0.25, 0.3) is 0 Å². The summed E-state index contributed by atoms with van der Waals surface area (Å²) in [6.45, 7) is 0. The van der Waals surface area contributed by atoms with E-state index in [2.05, 4.69) is 9.97 Å². The highest BCUT2D eigenvalue weighted by Crippen LogP contribution is 2.34. The van der Waals surface area contributed by atoms with Crippen molar-refractivity contribution >= 4 is 21.8 Å². The summed E-state index contributed by atoms with van der Waals surface area (Å²) >= 11 is 0. The predicted octanol–water partition coefficient (Wildman–Crippen LogP) is 4.55. The van der Waals surface area contributed by atoms with Crippen LogP contribution in [0.2, 0.25) is 0 Å². The number of H-pyrrole nitrogens is 2. The number of hydrogen-bond donors (Lipinski definition) is 2. The Labute approximate surface area is 115 Å². The van der Waals surface area contributed by atoms with Crippen molar-refractivity contribution in [3.8, 4) is 0 Å². The molecule has 20 heavy (non-hydrogen) atoms. The van der Waals surface area contributed by atoms with E-state index in [0.717, 1.165) is 21.8 Å². The van der Waals surface area contributed by atoms with Gasteiger partial charge < -0.3 is 9.97 Å². The zero-order valence-electron chi connectivity index (χ0n) is 10.7. The molecule has 0 unspecified atom stereocenters. The van der Waals surface area contributed by atoms with Crippen LogP contribution >= 0.6 is 0 Å². The molecule has 0 aliphatic heterocycles. The fourth-order valence-corrected chi connectivity index (χ4v) is 2.65. The minimum Gasteiger partial charge on any atom is -0.361 e. The fraction of sp³-hybridized carbons (Fsp3) is 0. The van der Waals surface area contributed by atoms with Gasteiger partial charge in [-0.3, -0.25) is 0 Å². The van der Waals surface area contributed by atoms with Crippen LogP contribution in [0.25, 0.3) is 21.8 Å². The Bertz CT molecular complexity index is 814. The van der Waals surface area contributed by atoms with Gasteiger partial charge in [0.05, 0.1) is 0 Å². The first-order valence-corrected chi connectivity index (χ1v) is 6.50. The van der Waals surface area contributed by atoms with Crippen molar-refractivity contribution in [3.63, 3.8) is 0 Å². The average Bonchev–Trinajstić information content (AvgIpc) is 3.11. The van der Waals surface area contributed by atoms with Gasteiger partial charge in [0.15, 0.2) is 0 Å². The second kappa shape index (κ2) is 4.23. The predicted molar refractivity (Wildman–Crippen MR) is 79.2 cm³/mol. The molecule has 2 aromatic heterocycles. The molecule has 4 aromatic rings. The Morgan fingerprint density at radius 3 is 1.65 bits per heavy atom. The van der Waals surface area contributed by atoms with Crippen LogP contribution in [0.15, 0.2) is 60.9 Å². The number of halogens is 1. The number of nitrogens with one attached hydrogen (secondary N) is 2. The molecule has 0 bridgehead atoms. The third-order valence-electron chi connectivity index (χ3n) is 3.65. The number of para-hydroxylation sites is 2. The van der Waals surface area contributed by atoms with Gasteiger partial charge in [0, 0.05) is 45.3 Å². The smallest absolute Gasteiger partial charge is 0.207 e. The Morgan fingerprint density at radius 2 is 1.15 bits per heavy atom. The first-order chi connectivity index (χ1) is 9.84. The van der Waals surface area contributed by atoms with E-state index in [9.17, 15) is 4.39 Å². The van der Waals surface area contributed by atoms with E-state index in [4.69, 9.17) is 0 Å². The van der Waals surface area contributed by atoms with Gasteiger partial charge in [-0.05, 0) is 12.1 Å². The summed E-state index contributed by atoms with van der Waals surface area (Å²) in [5.74, 6) is 0. The highest BCUT2D eigenvalue weighted by molar-refractivity contribution is 5.90. The lowest BCUT2D eigenvalue weighted by molar-refractivity contribution is 0.571. The van der Waals surface area contributed by atoms with Gasteiger partial charge in [-0.15, -0.1) is 0 Å². The summed E-state index contributed by atoms with van der Waals surface area (Å²) in [4.78, 5) is 6.22. The minimum atomic E-state index is -0.208. The van der Waals surface area contributed by atoms with E-state index in [1.54, 1.807) is 12.4 Å². The van der Waals surface area contributed by atoms with Crippen LogP contribution < -0.4 is 0 Å². The fourth-order valence-electron chi connectivity index (χ4n) is 2.65. The summed E-state index contributed by atoms with van der Waals surface area (Å²) in [5, 5.41) is 1.80. The second-order valence-electron chi connectivity index (χ2n) is 4.81. The highest BCUT2D eigenvalue weighted by Gasteiger charge is 2.21.